The van der Waals surface area contributed by atoms with E-state index in [0.29, 0.717) is 10.6 Å². The van der Waals surface area contributed by atoms with Crippen LogP contribution >= 0.6 is 0 Å². The molecule has 0 amide bonds. The lowest BCUT2D eigenvalue weighted by Crippen LogP contribution is -2.48. The van der Waals surface area contributed by atoms with Gasteiger partial charge in [-0.15, -0.1) is 0 Å². The van der Waals surface area contributed by atoms with Crippen LogP contribution in [0.25, 0.3) is 5.57 Å². The van der Waals surface area contributed by atoms with Crippen molar-refractivity contribution >= 4 is 26.4 Å². The van der Waals surface area contributed by atoms with Crippen molar-refractivity contribution in [3.8, 4) is 0 Å². The third-order valence-corrected chi connectivity index (χ3v) is 3.90. The molecule has 0 heterocycles. The number of hydrogen-bond donors (Lipinski definition) is 2. The summed E-state index contributed by atoms with van der Waals surface area (Å²) in [6, 6.07) is 7.08. The molecule has 0 saturated carbocycles. The van der Waals surface area contributed by atoms with Crippen molar-refractivity contribution in [1.82, 2.24) is 5.32 Å². The monoisotopic (exact) mass is 304 g/mol. The van der Waals surface area contributed by atoms with Gasteiger partial charge < -0.3 is 11.1 Å². The summed E-state index contributed by atoms with van der Waals surface area (Å²) in [5, 5.41) is 3.37. The highest BCUT2D eigenvalue weighted by atomic mass is 32.2. The van der Waals surface area contributed by atoms with E-state index < -0.39 is 10.3 Å². The third-order valence-electron chi connectivity index (χ3n) is 3.15. The summed E-state index contributed by atoms with van der Waals surface area (Å²) in [5.74, 6) is 0. The lowest BCUT2D eigenvalue weighted by molar-refractivity contribution is 0.432. The molecule has 2 rings (SSSR count). The number of nitrogens with one attached hydrogen (secondary N) is 1. The molecule has 3 N–H and O–H groups in total. The van der Waals surface area contributed by atoms with Gasteiger partial charge in [0.2, 0.25) is 10.3 Å². The first-order chi connectivity index (χ1) is 9.78. The van der Waals surface area contributed by atoms with Gasteiger partial charge in [0.15, 0.2) is 0 Å². The van der Waals surface area contributed by atoms with Crippen LogP contribution in [-0.4, -0.2) is 24.9 Å². The van der Waals surface area contributed by atoms with Gasteiger partial charge >= 0.3 is 0 Å². The lowest BCUT2D eigenvalue weighted by Gasteiger charge is -2.31. The molecule has 0 aliphatic heterocycles. The smallest absolute Gasteiger partial charge is 0.219 e. The fourth-order valence-electron chi connectivity index (χ4n) is 2.26. The predicted molar refractivity (Wildman–Crippen MR) is 88.6 cm³/mol. The SMILES string of the molecule is CC(C)(C)NC1C(c2ccc(N)cc2)=CC=CC1=S(=O)=O. The summed E-state index contributed by atoms with van der Waals surface area (Å²) in [6.45, 7) is 6.03. The number of allylic oxidation sites excluding steroid dienone is 2. The topological polar surface area (TPSA) is 72.2 Å². The van der Waals surface area contributed by atoms with Crippen molar-refractivity contribution in [2.45, 2.75) is 32.4 Å². The Bertz CT molecular complexity index is 713. The molecule has 0 fully saturated rings. The molecule has 4 nitrogen and oxygen atoms in total. The van der Waals surface area contributed by atoms with Crippen LogP contribution in [0, 0.1) is 0 Å². The number of anilines is 1. The van der Waals surface area contributed by atoms with E-state index in [1.54, 1.807) is 12.2 Å². The van der Waals surface area contributed by atoms with Gasteiger partial charge in [0.05, 0.1) is 10.9 Å². The van der Waals surface area contributed by atoms with Crippen molar-refractivity contribution in [1.29, 1.82) is 0 Å². The molecule has 0 radical (unpaired) electrons. The van der Waals surface area contributed by atoms with E-state index in [-0.39, 0.29) is 11.6 Å². The molecule has 0 aromatic heterocycles. The molecule has 1 aromatic rings. The normalized spacial score (nSPS) is 18.5. The molecule has 1 aliphatic carbocycles. The van der Waals surface area contributed by atoms with Gasteiger partial charge in [-0.05, 0) is 50.1 Å². The van der Waals surface area contributed by atoms with Gasteiger partial charge in [-0.2, -0.15) is 8.42 Å². The first-order valence-corrected chi connectivity index (χ1v) is 7.83. The zero-order valence-corrected chi connectivity index (χ0v) is 13.2. The quantitative estimate of drug-likeness (QED) is 0.648. The van der Waals surface area contributed by atoms with Gasteiger partial charge in [0.1, 0.15) is 0 Å². The average molecular weight is 304 g/mol. The zero-order valence-electron chi connectivity index (χ0n) is 12.4. The van der Waals surface area contributed by atoms with Crippen LogP contribution in [0.3, 0.4) is 0 Å². The first kappa shape index (κ1) is 15.5. The average Bonchev–Trinajstić information content (AvgIpc) is 2.38. The van der Waals surface area contributed by atoms with Crippen LogP contribution in [-0.2, 0) is 10.3 Å². The Morgan fingerprint density at radius 3 is 2.29 bits per heavy atom. The van der Waals surface area contributed by atoms with Crippen LogP contribution in [0.1, 0.15) is 26.3 Å². The van der Waals surface area contributed by atoms with Crippen molar-refractivity contribution in [2.24, 2.45) is 0 Å². The number of rotatable bonds is 2. The second-order valence-corrected chi connectivity index (χ2v) is 7.01. The van der Waals surface area contributed by atoms with Crippen LogP contribution in [0.2, 0.25) is 0 Å². The number of nitrogen functional groups attached to an aromatic ring is 1. The molecule has 1 unspecified atom stereocenters. The zero-order chi connectivity index (χ0) is 15.6. The fraction of sp³-hybridized carbons (Fsp3) is 0.312. The molecular weight excluding hydrogens is 284 g/mol. The molecular formula is C16H20N2O2S. The fourth-order valence-corrected chi connectivity index (χ4v) is 2.83. The van der Waals surface area contributed by atoms with Crippen molar-refractivity contribution in [3.05, 3.63) is 48.1 Å². The van der Waals surface area contributed by atoms with E-state index in [2.05, 4.69) is 5.32 Å². The van der Waals surface area contributed by atoms with E-state index in [1.165, 1.54) is 0 Å². The highest BCUT2D eigenvalue weighted by molar-refractivity contribution is 7.73. The highest BCUT2D eigenvalue weighted by Gasteiger charge is 2.27. The largest absolute Gasteiger partial charge is 0.399 e. The molecule has 5 heteroatoms. The van der Waals surface area contributed by atoms with E-state index in [0.717, 1.165) is 11.1 Å². The Morgan fingerprint density at radius 2 is 1.76 bits per heavy atom. The first-order valence-electron chi connectivity index (χ1n) is 6.76. The van der Waals surface area contributed by atoms with E-state index in [4.69, 9.17) is 5.73 Å². The predicted octanol–water partition coefficient (Wildman–Crippen LogP) is 2.03. The molecule has 0 spiro atoms. The second-order valence-electron chi connectivity index (χ2n) is 6.07. The molecule has 112 valence electrons. The van der Waals surface area contributed by atoms with Crippen LogP contribution < -0.4 is 11.1 Å². The lowest BCUT2D eigenvalue weighted by atomic mass is 9.90. The Balaban J connectivity index is 2.51. The molecule has 1 aromatic carbocycles. The molecule has 0 saturated heterocycles. The number of hydrogen-bond acceptors (Lipinski definition) is 4. The number of nitrogens with two attached hydrogens (primary N) is 1. The minimum Gasteiger partial charge on any atom is -0.399 e. The molecule has 0 bridgehead atoms. The highest BCUT2D eigenvalue weighted by Crippen LogP contribution is 2.25. The summed E-state index contributed by atoms with van der Waals surface area (Å²) in [4.78, 5) is 0.347. The van der Waals surface area contributed by atoms with Gasteiger partial charge in [-0.1, -0.05) is 24.3 Å². The Labute approximate surface area is 126 Å². The van der Waals surface area contributed by atoms with Crippen LogP contribution in [0.4, 0.5) is 5.69 Å². The third kappa shape index (κ3) is 3.83. The van der Waals surface area contributed by atoms with Crippen LogP contribution in [0.15, 0.2) is 42.5 Å². The molecule has 1 atom stereocenters. The molecule has 1 aliphatic rings. The Hall–Kier alpha value is -1.85. The van der Waals surface area contributed by atoms with Crippen molar-refractivity contribution in [2.75, 3.05) is 5.73 Å². The van der Waals surface area contributed by atoms with Gasteiger partial charge in [-0.3, -0.25) is 0 Å². The van der Waals surface area contributed by atoms with Gasteiger partial charge in [0.25, 0.3) is 0 Å². The Kier molecular flexibility index (Phi) is 4.34. The maximum absolute atomic E-state index is 11.5. The van der Waals surface area contributed by atoms with Crippen molar-refractivity contribution < 1.29 is 8.42 Å². The van der Waals surface area contributed by atoms with Crippen LogP contribution in [0.5, 0.6) is 0 Å². The summed E-state index contributed by atoms with van der Waals surface area (Å²) in [6.07, 6.45) is 5.33. The number of benzene rings is 1. The summed E-state index contributed by atoms with van der Waals surface area (Å²) >= 11 is 0. The summed E-state index contributed by atoms with van der Waals surface area (Å²) < 4.78 is 23.0. The van der Waals surface area contributed by atoms with E-state index in [9.17, 15) is 8.42 Å². The van der Waals surface area contributed by atoms with Gasteiger partial charge in [0, 0.05) is 11.2 Å². The maximum Gasteiger partial charge on any atom is 0.219 e. The minimum absolute atomic E-state index is 0.215. The summed E-state index contributed by atoms with van der Waals surface area (Å²) in [5.41, 5.74) is 8.06. The second kappa shape index (κ2) is 5.87. The van der Waals surface area contributed by atoms with Crippen molar-refractivity contribution in [3.63, 3.8) is 0 Å². The minimum atomic E-state index is -2.26. The van der Waals surface area contributed by atoms with E-state index in [1.807, 2.05) is 51.1 Å². The van der Waals surface area contributed by atoms with E-state index >= 15 is 0 Å². The molecule has 21 heavy (non-hydrogen) atoms. The maximum atomic E-state index is 11.5. The standard InChI is InChI=1S/C16H20N2O2S/c1-16(2,3)18-15-13(5-4-6-14(15)21(19)20)11-7-9-12(17)10-8-11/h4-10,15,18H,17H2,1-3H3. The van der Waals surface area contributed by atoms with Gasteiger partial charge in [-0.25, -0.2) is 0 Å². The Morgan fingerprint density at radius 1 is 1.14 bits per heavy atom. The summed E-state index contributed by atoms with van der Waals surface area (Å²) in [7, 11) is -2.26.